The Balaban J connectivity index is 2.55. The summed E-state index contributed by atoms with van der Waals surface area (Å²) in [5.41, 5.74) is 0.315. The average Bonchev–Trinajstić information content (AvgIpc) is 2.42. The van der Waals surface area contributed by atoms with Crippen molar-refractivity contribution in [3.05, 3.63) is 23.8 Å². The Bertz CT molecular complexity index is 541. The molecule has 2 N–H and O–H groups in total. The highest BCUT2D eigenvalue weighted by Crippen LogP contribution is 2.24. The van der Waals surface area contributed by atoms with Crippen molar-refractivity contribution in [1.29, 1.82) is 0 Å². The van der Waals surface area contributed by atoms with Crippen molar-refractivity contribution >= 4 is 23.4 Å². The molecule has 1 amide bonds. The summed E-state index contributed by atoms with van der Waals surface area (Å²) in [5, 5.41) is 5.57. The third-order valence-corrected chi connectivity index (χ3v) is 2.79. The van der Waals surface area contributed by atoms with Crippen LogP contribution in [0.1, 0.15) is 26.3 Å². The fourth-order valence-corrected chi connectivity index (χ4v) is 1.77. The molecule has 0 atom stereocenters. The third-order valence-electron chi connectivity index (χ3n) is 2.55. The highest BCUT2D eigenvalue weighted by Gasteiger charge is 2.17. The number of carbonyl (C=O) groups is 1. The number of alkyl carbamates (subject to hydrolysis) is 1. The van der Waals surface area contributed by atoms with Gasteiger partial charge in [-0.1, -0.05) is 0 Å². The van der Waals surface area contributed by atoms with E-state index in [9.17, 15) is 4.79 Å². The first-order chi connectivity index (χ1) is 10.2. The summed E-state index contributed by atoms with van der Waals surface area (Å²) in [6.07, 6.45) is -0.591. The topological polar surface area (TPSA) is 68.8 Å². The lowest BCUT2D eigenvalue weighted by atomic mass is 10.2. The first kappa shape index (κ1) is 18.0. The second kappa shape index (κ2) is 7.84. The van der Waals surface area contributed by atoms with E-state index in [0.717, 1.165) is 5.56 Å². The van der Waals surface area contributed by atoms with Gasteiger partial charge in [0.2, 0.25) is 0 Å². The zero-order chi connectivity index (χ0) is 16.8. The molecule has 0 aromatic heterocycles. The third kappa shape index (κ3) is 6.17. The predicted octanol–water partition coefficient (Wildman–Crippen LogP) is 2.60. The summed E-state index contributed by atoms with van der Waals surface area (Å²) in [6, 6.07) is 5.46. The first-order valence-electron chi connectivity index (χ1n) is 6.74. The van der Waals surface area contributed by atoms with Gasteiger partial charge in [-0.25, -0.2) is 4.79 Å². The minimum atomic E-state index is -0.591. The van der Waals surface area contributed by atoms with Gasteiger partial charge in [0.15, 0.2) is 5.11 Å². The lowest BCUT2D eigenvalue weighted by Gasteiger charge is -2.20. The van der Waals surface area contributed by atoms with E-state index in [1.165, 1.54) is 0 Å². The van der Waals surface area contributed by atoms with Crippen LogP contribution in [0.2, 0.25) is 0 Å². The largest absolute Gasteiger partial charge is 0.497 e. The molecule has 1 aromatic rings. The van der Waals surface area contributed by atoms with Crippen LogP contribution in [0.15, 0.2) is 18.2 Å². The standard InChI is InChI=1S/C15H22N2O4S/c1-15(2,3)21-14(18)17-13(22)16-9-10-6-7-11(19-4)8-12(10)20-5/h6-8H,9H2,1-5H3,(H2,16,17,18,22). The van der Waals surface area contributed by atoms with Crippen molar-refractivity contribution in [3.63, 3.8) is 0 Å². The molecule has 1 aromatic carbocycles. The van der Waals surface area contributed by atoms with Crippen molar-refractivity contribution in [2.24, 2.45) is 0 Å². The summed E-state index contributed by atoms with van der Waals surface area (Å²) < 4.78 is 15.5. The molecular weight excluding hydrogens is 304 g/mol. The molecule has 0 radical (unpaired) electrons. The van der Waals surface area contributed by atoms with Gasteiger partial charge in [0.25, 0.3) is 0 Å². The molecule has 0 spiro atoms. The van der Waals surface area contributed by atoms with Gasteiger partial charge in [-0.3, -0.25) is 5.32 Å². The molecule has 1 rings (SSSR count). The summed E-state index contributed by atoms with van der Waals surface area (Å²) >= 11 is 5.06. The number of carbonyl (C=O) groups excluding carboxylic acids is 1. The van der Waals surface area contributed by atoms with E-state index < -0.39 is 11.7 Å². The molecule has 7 heteroatoms. The summed E-state index contributed by atoms with van der Waals surface area (Å²) in [7, 11) is 3.17. The summed E-state index contributed by atoms with van der Waals surface area (Å²) in [5.74, 6) is 1.38. The second-order valence-corrected chi connectivity index (χ2v) is 5.90. The molecule has 0 fully saturated rings. The molecule has 0 aliphatic carbocycles. The smallest absolute Gasteiger partial charge is 0.413 e. The molecule has 0 saturated heterocycles. The van der Waals surface area contributed by atoms with E-state index in [2.05, 4.69) is 10.6 Å². The maximum Gasteiger partial charge on any atom is 0.413 e. The SMILES string of the molecule is COc1ccc(CNC(=S)NC(=O)OC(C)(C)C)c(OC)c1. The highest BCUT2D eigenvalue weighted by atomic mass is 32.1. The van der Waals surface area contributed by atoms with E-state index in [1.54, 1.807) is 41.1 Å². The molecule has 0 aliphatic heterocycles. The lowest BCUT2D eigenvalue weighted by molar-refractivity contribution is 0.0562. The Hall–Kier alpha value is -2.02. The maximum atomic E-state index is 11.6. The molecule has 0 heterocycles. The number of methoxy groups -OCH3 is 2. The minimum absolute atomic E-state index is 0.187. The van der Waals surface area contributed by atoms with Gasteiger partial charge in [0, 0.05) is 18.2 Å². The van der Waals surface area contributed by atoms with Crippen molar-refractivity contribution in [2.75, 3.05) is 14.2 Å². The van der Waals surface area contributed by atoms with Crippen LogP contribution in [0, 0.1) is 0 Å². The quantitative estimate of drug-likeness (QED) is 0.829. The van der Waals surface area contributed by atoms with Crippen molar-refractivity contribution in [1.82, 2.24) is 10.6 Å². The number of benzene rings is 1. The molecule has 0 saturated carbocycles. The van der Waals surface area contributed by atoms with Crippen LogP contribution in [-0.2, 0) is 11.3 Å². The number of hydrogen-bond acceptors (Lipinski definition) is 5. The fraction of sp³-hybridized carbons (Fsp3) is 0.467. The average molecular weight is 326 g/mol. The van der Waals surface area contributed by atoms with Gasteiger partial charge >= 0.3 is 6.09 Å². The first-order valence-corrected chi connectivity index (χ1v) is 7.14. The van der Waals surface area contributed by atoms with Gasteiger partial charge in [-0.05, 0) is 45.1 Å². The van der Waals surface area contributed by atoms with E-state index in [4.69, 9.17) is 26.4 Å². The lowest BCUT2D eigenvalue weighted by Crippen LogP contribution is -2.41. The van der Waals surface area contributed by atoms with Gasteiger partial charge in [0.05, 0.1) is 14.2 Å². The molecule has 22 heavy (non-hydrogen) atoms. The fourth-order valence-electron chi connectivity index (χ4n) is 1.61. The number of amides is 1. The van der Waals surface area contributed by atoms with Crippen LogP contribution in [0.5, 0.6) is 11.5 Å². The van der Waals surface area contributed by atoms with Gasteiger partial charge < -0.3 is 19.5 Å². The van der Waals surface area contributed by atoms with E-state index in [1.807, 2.05) is 12.1 Å². The van der Waals surface area contributed by atoms with E-state index in [0.29, 0.717) is 18.0 Å². The number of hydrogen-bond donors (Lipinski definition) is 2. The number of rotatable bonds is 4. The van der Waals surface area contributed by atoms with Crippen LogP contribution in [-0.4, -0.2) is 31.0 Å². The molecule has 0 bridgehead atoms. The van der Waals surface area contributed by atoms with Crippen LogP contribution >= 0.6 is 12.2 Å². The number of nitrogens with one attached hydrogen (secondary N) is 2. The number of thiocarbonyl (C=S) groups is 1. The Morgan fingerprint density at radius 1 is 1.23 bits per heavy atom. The Morgan fingerprint density at radius 3 is 2.45 bits per heavy atom. The van der Waals surface area contributed by atoms with Gasteiger partial charge in [-0.15, -0.1) is 0 Å². The van der Waals surface area contributed by atoms with Crippen LogP contribution in [0.25, 0.3) is 0 Å². The highest BCUT2D eigenvalue weighted by molar-refractivity contribution is 7.80. The van der Waals surface area contributed by atoms with Gasteiger partial charge in [-0.2, -0.15) is 0 Å². The molecule has 6 nitrogen and oxygen atoms in total. The van der Waals surface area contributed by atoms with E-state index in [-0.39, 0.29) is 5.11 Å². The molecule has 0 aliphatic rings. The van der Waals surface area contributed by atoms with Crippen molar-refractivity contribution in [2.45, 2.75) is 32.9 Å². The maximum absolute atomic E-state index is 11.6. The van der Waals surface area contributed by atoms with Crippen LogP contribution in [0.3, 0.4) is 0 Å². The monoisotopic (exact) mass is 326 g/mol. The number of ether oxygens (including phenoxy) is 3. The van der Waals surface area contributed by atoms with Gasteiger partial charge in [0.1, 0.15) is 17.1 Å². The Morgan fingerprint density at radius 2 is 1.91 bits per heavy atom. The zero-order valence-electron chi connectivity index (χ0n) is 13.5. The molecular formula is C15H22N2O4S. The summed E-state index contributed by atoms with van der Waals surface area (Å²) in [6.45, 7) is 5.75. The second-order valence-electron chi connectivity index (χ2n) is 5.49. The van der Waals surface area contributed by atoms with E-state index >= 15 is 0 Å². The van der Waals surface area contributed by atoms with Crippen LogP contribution in [0.4, 0.5) is 4.79 Å². The zero-order valence-corrected chi connectivity index (χ0v) is 14.3. The molecule has 122 valence electrons. The van der Waals surface area contributed by atoms with Crippen molar-refractivity contribution in [3.8, 4) is 11.5 Å². The minimum Gasteiger partial charge on any atom is -0.497 e. The summed E-state index contributed by atoms with van der Waals surface area (Å²) in [4.78, 5) is 11.6. The normalized spacial score (nSPS) is 10.6. The van der Waals surface area contributed by atoms with Crippen molar-refractivity contribution < 1.29 is 19.0 Å². The Kier molecular flexibility index (Phi) is 6.42. The van der Waals surface area contributed by atoms with Crippen LogP contribution < -0.4 is 20.1 Å². The Labute approximate surface area is 136 Å². The predicted molar refractivity (Wildman–Crippen MR) is 88.4 cm³/mol. The molecule has 0 unspecified atom stereocenters.